The van der Waals surface area contributed by atoms with Gasteiger partial charge in [0.05, 0.1) is 24.3 Å². The van der Waals surface area contributed by atoms with Gasteiger partial charge >= 0.3 is 11.9 Å². The number of hydrogen-bond donors (Lipinski definition) is 2. The molecule has 2 N–H and O–H groups in total. The zero-order valence-electron chi connectivity index (χ0n) is 37.0. The molecule has 0 bridgehead atoms. The fraction of sp³-hybridized carbons (Fsp3) is 0.462. The van der Waals surface area contributed by atoms with Gasteiger partial charge in [-0.1, -0.05) is 104 Å². The summed E-state index contributed by atoms with van der Waals surface area (Å²) < 4.78 is 22.4. The monoisotopic (exact) mass is 848 g/mol. The van der Waals surface area contributed by atoms with Gasteiger partial charge in [-0.25, -0.2) is 9.59 Å². The summed E-state index contributed by atoms with van der Waals surface area (Å²) in [7, 11) is 0. The minimum Gasteiger partial charge on any atom is -0.507 e. The minimum absolute atomic E-state index is 0.0139. The van der Waals surface area contributed by atoms with Gasteiger partial charge in [0.1, 0.15) is 34.5 Å². The normalized spacial score (nSPS) is 11.3. The molecule has 0 aliphatic heterocycles. The number of ether oxygens (including phenoxy) is 4. The van der Waals surface area contributed by atoms with Crippen molar-refractivity contribution in [2.24, 2.45) is 9.98 Å². The number of aliphatic imine (C=N–C) groups is 2. The Morgan fingerprint density at radius 1 is 0.452 bits per heavy atom. The van der Waals surface area contributed by atoms with Gasteiger partial charge in [0.15, 0.2) is 0 Å². The Balaban J connectivity index is 0.982. The molecule has 0 aliphatic carbocycles. The first kappa shape index (κ1) is 49.0. The maximum absolute atomic E-state index is 12.6. The van der Waals surface area contributed by atoms with E-state index in [0.717, 1.165) is 62.9 Å². The van der Waals surface area contributed by atoms with Crippen LogP contribution in [-0.4, -0.2) is 60.9 Å². The summed E-state index contributed by atoms with van der Waals surface area (Å²) in [6, 6.07) is 23.4. The fourth-order valence-electron chi connectivity index (χ4n) is 6.68. The van der Waals surface area contributed by atoms with Crippen LogP contribution in [0.5, 0.6) is 34.5 Å². The van der Waals surface area contributed by atoms with E-state index in [2.05, 4.69) is 23.8 Å². The van der Waals surface area contributed by atoms with Crippen molar-refractivity contribution < 1.29 is 38.7 Å². The maximum Gasteiger partial charge on any atom is 0.343 e. The Bertz CT molecular complexity index is 1800. The van der Waals surface area contributed by atoms with Gasteiger partial charge in [0.25, 0.3) is 0 Å². The van der Waals surface area contributed by atoms with E-state index in [1.807, 2.05) is 0 Å². The van der Waals surface area contributed by atoms with Crippen LogP contribution in [0.4, 0.5) is 0 Å². The Hall–Kier alpha value is -5.64. The summed E-state index contributed by atoms with van der Waals surface area (Å²) >= 11 is 0. The van der Waals surface area contributed by atoms with E-state index in [4.69, 9.17) is 18.9 Å². The van der Waals surface area contributed by atoms with E-state index in [0.29, 0.717) is 48.6 Å². The molecule has 10 heteroatoms. The SMILES string of the molecule is CCCCCCOc1ccc(C(=O)Oc2ccc(C=NCCCCCCCCCCCCN=Cc3ccc(OC(=O)c4ccc(OCCCCCC)cc4)cc3O)c(O)c2)cc1. The van der Waals surface area contributed by atoms with Crippen molar-refractivity contribution in [1.82, 2.24) is 0 Å². The quantitative estimate of drug-likeness (QED) is 0.0221. The highest BCUT2D eigenvalue weighted by Crippen LogP contribution is 2.25. The summed E-state index contributed by atoms with van der Waals surface area (Å²) in [6.45, 7) is 7.07. The first-order valence-corrected chi connectivity index (χ1v) is 22.9. The maximum atomic E-state index is 12.6. The van der Waals surface area contributed by atoms with Gasteiger partial charge in [0.2, 0.25) is 0 Å². The van der Waals surface area contributed by atoms with Gasteiger partial charge in [0, 0.05) is 48.8 Å². The van der Waals surface area contributed by atoms with Gasteiger partial charge in [-0.05, 0) is 98.5 Å². The molecule has 334 valence electrons. The summed E-state index contributed by atoms with van der Waals surface area (Å²) in [5.74, 6) is 1.02. The Labute approximate surface area is 369 Å². The van der Waals surface area contributed by atoms with Crippen molar-refractivity contribution in [1.29, 1.82) is 0 Å². The molecular weight excluding hydrogens is 781 g/mol. The number of carbonyl (C=O) groups excluding carboxylic acids is 2. The van der Waals surface area contributed by atoms with Crippen molar-refractivity contribution in [2.75, 3.05) is 26.3 Å². The topological polar surface area (TPSA) is 136 Å². The highest BCUT2D eigenvalue weighted by Gasteiger charge is 2.12. The molecule has 62 heavy (non-hydrogen) atoms. The lowest BCUT2D eigenvalue weighted by atomic mass is 10.1. The molecule has 0 atom stereocenters. The van der Waals surface area contributed by atoms with E-state index in [-0.39, 0.29) is 23.0 Å². The summed E-state index contributed by atoms with van der Waals surface area (Å²) in [6.07, 6.45) is 23.9. The Morgan fingerprint density at radius 3 is 1.15 bits per heavy atom. The number of aromatic hydroxyl groups is 2. The van der Waals surface area contributed by atoms with Gasteiger partial charge < -0.3 is 29.2 Å². The fourth-order valence-corrected chi connectivity index (χ4v) is 6.68. The number of esters is 2. The molecule has 4 rings (SSSR count). The molecular formula is C52H68N2O8. The molecule has 0 aliphatic rings. The molecule has 4 aromatic carbocycles. The zero-order chi connectivity index (χ0) is 44.0. The van der Waals surface area contributed by atoms with Crippen molar-refractivity contribution in [2.45, 2.75) is 129 Å². The van der Waals surface area contributed by atoms with Crippen LogP contribution in [-0.2, 0) is 0 Å². The van der Waals surface area contributed by atoms with E-state index in [1.165, 1.54) is 76.3 Å². The third kappa shape index (κ3) is 19.4. The highest BCUT2D eigenvalue weighted by molar-refractivity contribution is 5.92. The van der Waals surface area contributed by atoms with Crippen LogP contribution < -0.4 is 18.9 Å². The second-order valence-corrected chi connectivity index (χ2v) is 15.7. The minimum atomic E-state index is -0.498. The highest BCUT2D eigenvalue weighted by atomic mass is 16.5. The summed E-state index contributed by atoms with van der Waals surface area (Å²) in [5, 5.41) is 20.9. The largest absolute Gasteiger partial charge is 0.507 e. The Kier molecular flexibility index (Phi) is 23.4. The van der Waals surface area contributed by atoms with Crippen molar-refractivity contribution in [3.05, 3.63) is 107 Å². The number of nitrogens with zero attached hydrogens (tertiary/aromatic N) is 2. The van der Waals surface area contributed by atoms with E-state index in [9.17, 15) is 19.8 Å². The lowest BCUT2D eigenvalue weighted by Crippen LogP contribution is -2.08. The van der Waals surface area contributed by atoms with Crippen molar-refractivity contribution >= 4 is 24.4 Å². The first-order chi connectivity index (χ1) is 30.4. The molecule has 0 saturated heterocycles. The molecule has 10 nitrogen and oxygen atoms in total. The van der Waals surface area contributed by atoms with Crippen LogP contribution in [0.2, 0.25) is 0 Å². The van der Waals surface area contributed by atoms with E-state index in [1.54, 1.807) is 85.2 Å². The molecule has 0 saturated carbocycles. The number of unbranched alkanes of at least 4 members (excludes halogenated alkanes) is 15. The predicted molar refractivity (Wildman–Crippen MR) is 249 cm³/mol. The second-order valence-electron chi connectivity index (χ2n) is 15.7. The van der Waals surface area contributed by atoms with Crippen LogP contribution in [0.3, 0.4) is 0 Å². The van der Waals surface area contributed by atoms with Gasteiger partial charge in [-0.2, -0.15) is 0 Å². The number of rotatable bonds is 31. The van der Waals surface area contributed by atoms with Crippen molar-refractivity contribution in [3.8, 4) is 34.5 Å². The molecule has 0 fully saturated rings. The summed E-state index contributed by atoms with van der Waals surface area (Å²) in [5.41, 5.74) is 1.99. The van der Waals surface area contributed by atoms with Crippen molar-refractivity contribution in [3.63, 3.8) is 0 Å². The molecule has 0 heterocycles. The number of phenolic OH excluding ortho intramolecular Hbond substituents is 2. The lowest BCUT2D eigenvalue weighted by Gasteiger charge is -2.08. The second kappa shape index (κ2) is 29.6. The van der Waals surface area contributed by atoms with Crippen LogP contribution in [0.1, 0.15) is 161 Å². The predicted octanol–water partition coefficient (Wildman–Crippen LogP) is 12.9. The van der Waals surface area contributed by atoms with Crippen LogP contribution >= 0.6 is 0 Å². The third-order valence-electron chi connectivity index (χ3n) is 10.4. The van der Waals surface area contributed by atoms with Gasteiger partial charge in [-0.3, -0.25) is 9.98 Å². The number of phenols is 2. The lowest BCUT2D eigenvalue weighted by molar-refractivity contribution is 0.0724. The molecule has 4 aromatic rings. The van der Waals surface area contributed by atoms with E-state index < -0.39 is 11.9 Å². The first-order valence-electron chi connectivity index (χ1n) is 22.9. The summed E-state index contributed by atoms with van der Waals surface area (Å²) in [4.78, 5) is 34.2. The molecule has 0 aromatic heterocycles. The third-order valence-corrected chi connectivity index (χ3v) is 10.4. The van der Waals surface area contributed by atoms with Crippen LogP contribution in [0.15, 0.2) is 94.9 Å². The average Bonchev–Trinajstić information content (AvgIpc) is 3.27. The van der Waals surface area contributed by atoms with Crippen LogP contribution in [0, 0.1) is 0 Å². The molecule has 0 amide bonds. The molecule has 0 radical (unpaired) electrons. The number of benzene rings is 4. The van der Waals surface area contributed by atoms with Crippen LogP contribution in [0.25, 0.3) is 0 Å². The molecule has 0 unspecified atom stereocenters. The Morgan fingerprint density at radius 2 is 0.790 bits per heavy atom. The smallest absolute Gasteiger partial charge is 0.343 e. The standard InChI is InChI=1S/C52H68N2O8/c1-3-5-7-19-35-59-45-27-21-41(22-28-45)51(57)61-47-31-25-43(49(55)37-47)39-53-33-17-15-13-11-9-10-12-14-16-18-34-54-40-44-26-32-48(38-50(44)56)62-52(58)42-23-29-46(30-24-42)60-36-20-8-6-4-2/h21-32,37-40,55-56H,3-20,33-36H2,1-2H3. The number of carbonyl (C=O) groups is 2. The van der Waals surface area contributed by atoms with E-state index >= 15 is 0 Å². The zero-order valence-corrected chi connectivity index (χ0v) is 37.0. The van der Waals surface area contributed by atoms with Gasteiger partial charge in [-0.15, -0.1) is 0 Å². The molecule has 0 spiro atoms. The average molecular weight is 849 g/mol. The number of hydrogen-bond acceptors (Lipinski definition) is 10.